The van der Waals surface area contributed by atoms with Crippen LogP contribution in [-0.4, -0.2) is 30.4 Å². The zero-order valence-corrected chi connectivity index (χ0v) is 19.3. The number of nitrogens with zero attached hydrogens (tertiary/aromatic N) is 1. The molecule has 0 spiro atoms. The molecule has 1 aliphatic heterocycles. The average Bonchev–Trinajstić information content (AvgIpc) is 2.84. The molecular weight excluding hydrogens is 470 g/mol. The van der Waals surface area contributed by atoms with Crippen molar-refractivity contribution in [1.29, 1.82) is 0 Å². The van der Waals surface area contributed by atoms with E-state index >= 15 is 0 Å². The molecule has 1 fully saturated rings. The van der Waals surface area contributed by atoms with Gasteiger partial charge in [0.25, 0.3) is 17.7 Å². The summed E-state index contributed by atoms with van der Waals surface area (Å²) >= 11 is 6.16. The number of hydrogen-bond acceptors (Lipinski definition) is 5. The number of aryl methyl sites for hydroxylation is 1. The molecule has 1 heterocycles. The number of halogens is 1. The minimum Gasteiger partial charge on any atom is -0.483 e. The first-order valence-corrected chi connectivity index (χ1v) is 11.0. The van der Waals surface area contributed by atoms with Crippen molar-refractivity contribution in [3.63, 3.8) is 0 Å². The van der Waals surface area contributed by atoms with Crippen LogP contribution in [-0.2, 0) is 14.4 Å². The highest BCUT2D eigenvalue weighted by Crippen LogP contribution is 2.28. The van der Waals surface area contributed by atoms with Crippen LogP contribution in [0.4, 0.5) is 16.2 Å². The molecule has 3 aromatic rings. The van der Waals surface area contributed by atoms with Crippen molar-refractivity contribution in [3.05, 3.63) is 94.5 Å². The Balaban J connectivity index is 1.57. The summed E-state index contributed by atoms with van der Waals surface area (Å²) in [6.45, 7) is 1.50. The molecule has 0 unspecified atom stereocenters. The van der Waals surface area contributed by atoms with Gasteiger partial charge in [-0.25, -0.2) is 9.69 Å². The van der Waals surface area contributed by atoms with Crippen molar-refractivity contribution in [2.75, 3.05) is 16.8 Å². The number of amides is 5. The lowest BCUT2D eigenvalue weighted by Gasteiger charge is -2.26. The van der Waals surface area contributed by atoms with Crippen molar-refractivity contribution in [1.82, 2.24) is 5.32 Å². The lowest BCUT2D eigenvalue weighted by atomic mass is 10.1. The van der Waals surface area contributed by atoms with E-state index in [9.17, 15) is 19.2 Å². The molecular formula is C26H20ClN3O5. The Morgan fingerprint density at radius 2 is 1.74 bits per heavy atom. The van der Waals surface area contributed by atoms with Crippen LogP contribution in [0.3, 0.4) is 0 Å². The monoisotopic (exact) mass is 489 g/mol. The molecule has 5 amide bonds. The summed E-state index contributed by atoms with van der Waals surface area (Å²) < 4.78 is 5.65. The summed E-state index contributed by atoms with van der Waals surface area (Å²) in [4.78, 5) is 51.2. The molecule has 3 aromatic carbocycles. The van der Waals surface area contributed by atoms with Crippen LogP contribution in [0.15, 0.2) is 78.4 Å². The van der Waals surface area contributed by atoms with Gasteiger partial charge in [-0.2, -0.15) is 0 Å². The molecule has 0 saturated carbocycles. The second kappa shape index (κ2) is 10.2. The van der Waals surface area contributed by atoms with Crippen molar-refractivity contribution in [2.24, 2.45) is 0 Å². The van der Waals surface area contributed by atoms with Crippen molar-refractivity contribution >= 4 is 52.8 Å². The molecule has 0 radical (unpaired) electrons. The molecule has 0 bridgehead atoms. The van der Waals surface area contributed by atoms with Crippen LogP contribution >= 0.6 is 11.6 Å². The standard InChI is InChI=1S/C26H20ClN3O5/c1-16-11-12-19(14-21(16)27)30-25(33)20(24(32)29-26(30)34)13-17-7-5-6-10-22(17)35-15-23(31)28-18-8-3-2-4-9-18/h2-14H,15H2,1H3,(H,28,31)(H,29,32,34)/b20-13+. The Kier molecular flexibility index (Phi) is 6.93. The summed E-state index contributed by atoms with van der Waals surface area (Å²) in [6.07, 6.45) is 1.32. The Morgan fingerprint density at radius 3 is 2.49 bits per heavy atom. The van der Waals surface area contributed by atoms with Crippen LogP contribution in [0.2, 0.25) is 5.02 Å². The highest BCUT2D eigenvalue weighted by atomic mass is 35.5. The average molecular weight is 490 g/mol. The molecule has 0 aliphatic carbocycles. The van der Waals surface area contributed by atoms with Gasteiger partial charge in [-0.3, -0.25) is 19.7 Å². The minimum absolute atomic E-state index is 0.226. The fraction of sp³-hybridized carbons (Fsp3) is 0.0769. The maximum Gasteiger partial charge on any atom is 0.335 e. The van der Waals surface area contributed by atoms with E-state index in [0.29, 0.717) is 16.3 Å². The molecule has 4 rings (SSSR count). The topological polar surface area (TPSA) is 105 Å². The summed E-state index contributed by atoms with van der Waals surface area (Å²) in [6, 6.07) is 19.4. The van der Waals surface area contributed by atoms with Crippen LogP contribution in [0.5, 0.6) is 5.75 Å². The molecule has 0 aromatic heterocycles. The van der Waals surface area contributed by atoms with E-state index in [1.807, 2.05) is 6.07 Å². The smallest absolute Gasteiger partial charge is 0.335 e. The summed E-state index contributed by atoms with van der Waals surface area (Å²) in [5.41, 5.74) is 1.74. The third kappa shape index (κ3) is 5.39. The molecule has 9 heteroatoms. The first kappa shape index (κ1) is 23.7. The maximum atomic E-state index is 13.2. The van der Waals surface area contributed by atoms with Gasteiger partial charge in [0.1, 0.15) is 11.3 Å². The molecule has 2 N–H and O–H groups in total. The zero-order chi connectivity index (χ0) is 24.9. The Labute approximate surface area is 206 Å². The zero-order valence-electron chi connectivity index (χ0n) is 18.6. The third-order valence-electron chi connectivity index (χ3n) is 5.15. The van der Waals surface area contributed by atoms with Gasteiger partial charge in [-0.05, 0) is 48.9 Å². The number of nitrogens with one attached hydrogen (secondary N) is 2. The van der Waals surface area contributed by atoms with Gasteiger partial charge >= 0.3 is 6.03 Å². The predicted octanol–water partition coefficient (Wildman–Crippen LogP) is 4.33. The van der Waals surface area contributed by atoms with E-state index in [4.69, 9.17) is 16.3 Å². The number of rotatable bonds is 6. The van der Waals surface area contributed by atoms with E-state index in [2.05, 4.69) is 10.6 Å². The number of benzene rings is 3. The number of carbonyl (C=O) groups excluding carboxylic acids is 4. The quantitative estimate of drug-likeness (QED) is 0.396. The summed E-state index contributed by atoms with van der Waals surface area (Å²) in [7, 11) is 0. The lowest BCUT2D eigenvalue weighted by Crippen LogP contribution is -2.54. The van der Waals surface area contributed by atoms with E-state index in [0.717, 1.165) is 10.5 Å². The maximum absolute atomic E-state index is 13.2. The first-order valence-electron chi connectivity index (χ1n) is 10.6. The van der Waals surface area contributed by atoms with Crippen LogP contribution < -0.4 is 20.3 Å². The number of ether oxygens (including phenoxy) is 1. The van der Waals surface area contributed by atoms with Crippen LogP contribution in [0.25, 0.3) is 6.08 Å². The van der Waals surface area contributed by atoms with Gasteiger partial charge in [0.2, 0.25) is 0 Å². The molecule has 0 atom stereocenters. The Morgan fingerprint density at radius 1 is 1.03 bits per heavy atom. The third-order valence-corrected chi connectivity index (χ3v) is 5.56. The van der Waals surface area contributed by atoms with E-state index < -0.39 is 17.8 Å². The molecule has 35 heavy (non-hydrogen) atoms. The number of barbiturate groups is 1. The van der Waals surface area contributed by atoms with Gasteiger partial charge in [-0.1, -0.05) is 54.1 Å². The minimum atomic E-state index is -0.876. The second-order valence-corrected chi connectivity index (χ2v) is 8.04. The number of imide groups is 2. The largest absolute Gasteiger partial charge is 0.483 e. The van der Waals surface area contributed by atoms with Crippen molar-refractivity contribution < 1.29 is 23.9 Å². The highest BCUT2D eigenvalue weighted by Gasteiger charge is 2.37. The van der Waals surface area contributed by atoms with Crippen molar-refractivity contribution in [2.45, 2.75) is 6.92 Å². The first-order chi connectivity index (χ1) is 16.8. The Bertz CT molecular complexity index is 1350. The number of urea groups is 1. The summed E-state index contributed by atoms with van der Waals surface area (Å²) in [5.74, 6) is -1.75. The van der Waals surface area contributed by atoms with Crippen molar-refractivity contribution in [3.8, 4) is 5.75 Å². The summed E-state index contributed by atoms with van der Waals surface area (Å²) in [5, 5.41) is 5.26. The molecule has 1 saturated heterocycles. The van der Waals surface area contributed by atoms with E-state index in [-0.39, 0.29) is 29.5 Å². The number of carbonyl (C=O) groups is 4. The predicted molar refractivity (Wildman–Crippen MR) is 132 cm³/mol. The highest BCUT2D eigenvalue weighted by molar-refractivity contribution is 6.39. The molecule has 1 aliphatic rings. The van der Waals surface area contributed by atoms with E-state index in [1.165, 1.54) is 12.1 Å². The molecule has 176 valence electrons. The van der Waals surface area contributed by atoms with Gasteiger partial charge in [-0.15, -0.1) is 0 Å². The fourth-order valence-corrected chi connectivity index (χ4v) is 3.54. The number of hydrogen-bond donors (Lipinski definition) is 2. The number of para-hydroxylation sites is 2. The van der Waals surface area contributed by atoms with E-state index in [1.54, 1.807) is 67.6 Å². The van der Waals surface area contributed by atoms with Gasteiger partial charge in [0.15, 0.2) is 6.61 Å². The van der Waals surface area contributed by atoms with Crippen LogP contribution in [0, 0.1) is 6.92 Å². The Hall–Kier alpha value is -4.43. The van der Waals surface area contributed by atoms with Crippen LogP contribution in [0.1, 0.15) is 11.1 Å². The van der Waals surface area contributed by atoms with Gasteiger partial charge in [0, 0.05) is 16.3 Å². The SMILES string of the molecule is Cc1ccc(N2C(=O)NC(=O)/C(=C\c3ccccc3OCC(=O)Nc3ccccc3)C2=O)cc1Cl. The fourth-order valence-electron chi connectivity index (χ4n) is 3.36. The normalized spacial score (nSPS) is 14.6. The second-order valence-electron chi connectivity index (χ2n) is 7.63. The van der Waals surface area contributed by atoms with Gasteiger partial charge in [0.05, 0.1) is 5.69 Å². The lowest BCUT2D eigenvalue weighted by molar-refractivity contribution is -0.122. The molecule has 8 nitrogen and oxygen atoms in total. The van der Waals surface area contributed by atoms with Gasteiger partial charge < -0.3 is 10.1 Å². The number of anilines is 2.